The van der Waals surface area contributed by atoms with Crippen LogP contribution in [0.25, 0.3) is 0 Å². The van der Waals surface area contributed by atoms with Gasteiger partial charge in [0.15, 0.2) is 0 Å². The van der Waals surface area contributed by atoms with E-state index in [2.05, 4.69) is 15.3 Å². The van der Waals surface area contributed by atoms with Crippen LogP contribution in [0.5, 0.6) is 0 Å². The second-order valence-electron chi connectivity index (χ2n) is 6.15. The predicted molar refractivity (Wildman–Crippen MR) is 79.1 cm³/mol. The highest BCUT2D eigenvalue weighted by molar-refractivity contribution is 5.92. The third-order valence-electron chi connectivity index (χ3n) is 4.41. The molecule has 3 heterocycles. The number of hydrogen-bond donors (Lipinski definition) is 1. The van der Waals surface area contributed by atoms with Gasteiger partial charge in [0.05, 0.1) is 6.61 Å². The average Bonchev–Trinajstić information content (AvgIpc) is 3.12. The molecule has 2 fully saturated rings. The van der Waals surface area contributed by atoms with E-state index in [1.807, 2.05) is 7.05 Å². The Morgan fingerprint density at radius 3 is 2.86 bits per heavy atom. The van der Waals surface area contributed by atoms with E-state index in [-0.39, 0.29) is 11.9 Å². The normalized spacial score (nSPS) is 24.3. The van der Waals surface area contributed by atoms with E-state index >= 15 is 0 Å². The van der Waals surface area contributed by atoms with Gasteiger partial charge in [-0.1, -0.05) is 0 Å². The van der Waals surface area contributed by atoms with E-state index in [4.69, 9.17) is 4.74 Å². The Morgan fingerprint density at radius 2 is 2.24 bits per heavy atom. The molecule has 0 aliphatic carbocycles. The zero-order valence-corrected chi connectivity index (χ0v) is 12.6. The molecule has 21 heavy (non-hydrogen) atoms. The van der Waals surface area contributed by atoms with Crippen molar-refractivity contribution in [1.82, 2.24) is 20.0 Å². The first-order chi connectivity index (χ1) is 10.2. The lowest BCUT2D eigenvalue weighted by molar-refractivity contribution is 0.0897. The van der Waals surface area contributed by atoms with E-state index < -0.39 is 0 Å². The van der Waals surface area contributed by atoms with Crippen LogP contribution in [0.4, 0.5) is 0 Å². The van der Waals surface area contributed by atoms with E-state index in [0.29, 0.717) is 11.6 Å². The van der Waals surface area contributed by atoms with Gasteiger partial charge in [-0.2, -0.15) is 5.10 Å². The van der Waals surface area contributed by atoms with E-state index in [0.717, 1.165) is 45.7 Å². The highest BCUT2D eigenvalue weighted by Crippen LogP contribution is 2.17. The number of carbonyl (C=O) groups excluding carboxylic acids is 1. The van der Waals surface area contributed by atoms with E-state index in [1.165, 1.54) is 6.42 Å². The maximum atomic E-state index is 12.1. The van der Waals surface area contributed by atoms with Gasteiger partial charge in [0.25, 0.3) is 5.91 Å². The number of piperidine rings is 1. The molecule has 6 heteroatoms. The van der Waals surface area contributed by atoms with Gasteiger partial charge in [0.1, 0.15) is 5.69 Å². The third kappa shape index (κ3) is 3.83. The van der Waals surface area contributed by atoms with Crippen molar-refractivity contribution in [2.24, 2.45) is 13.0 Å². The molecule has 6 nitrogen and oxygen atoms in total. The number of nitrogens with zero attached hydrogens (tertiary/aromatic N) is 3. The summed E-state index contributed by atoms with van der Waals surface area (Å²) >= 11 is 0. The number of ether oxygens (including phenoxy) is 1. The fraction of sp³-hybridized carbons (Fsp3) is 0.733. The fourth-order valence-electron chi connectivity index (χ4n) is 3.15. The second kappa shape index (κ2) is 6.58. The van der Waals surface area contributed by atoms with Crippen molar-refractivity contribution in [3.63, 3.8) is 0 Å². The minimum Gasteiger partial charge on any atom is -0.381 e. The summed E-state index contributed by atoms with van der Waals surface area (Å²) in [6.07, 6.45) is 5.02. The van der Waals surface area contributed by atoms with Crippen molar-refractivity contribution < 1.29 is 9.53 Å². The number of aryl methyl sites for hydroxylation is 1. The van der Waals surface area contributed by atoms with E-state index in [9.17, 15) is 4.79 Å². The topological polar surface area (TPSA) is 59.4 Å². The molecule has 2 aliphatic heterocycles. The summed E-state index contributed by atoms with van der Waals surface area (Å²) in [7, 11) is 1.82. The van der Waals surface area contributed by atoms with Crippen LogP contribution in [-0.2, 0) is 11.8 Å². The minimum absolute atomic E-state index is 0.0572. The number of nitrogens with one attached hydrogen (secondary N) is 1. The van der Waals surface area contributed by atoms with Gasteiger partial charge in [-0.05, 0) is 31.2 Å². The summed E-state index contributed by atoms with van der Waals surface area (Å²) < 4.78 is 7.08. The Hall–Kier alpha value is -1.40. The summed E-state index contributed by atoms with van der Waals surface area (Å²) in [5.41, 5.74) is 0.503. The number of aromatic nitrogens is 2. The van der Waals surface area contributed by atoms with Crippen molar-refractivity contribution >= 4 is 5.91 Å². The number of likely N-dealkylation sites (tertiary alicyclic amines) is 1. The number of carbonyl (C=O) groups is 1. The molecular formula is C15H24N4O2. The summed E-state index contributed by atoms with van der Waals surface area (Å²) in [6.45, 7) is 5.09. The molecule has 0 aromatic carbocycles. The number of rotatable bonds is 4. The van der Waals surface area contributed by atoms with Crippen LogP contribution in [-0.4, -0.2) is 59.5 Å². The minimum atomic E-state index is -0.0572. The Labute approximate surface area is 125 Å². The van der Waals surface area contributed by atoms with Gasteiger partial charge < -0.3 is 15.0 Å². The third-order valence-corrected chi connectivity index (χ3v) is 4.41. The molecule has 0 saturated carbocycles. The van der Waals surface area contributed by atoms with Gasteiger partial charge in [0, 0.05) is 45.5 Å². The van der Waals surface area contributed by atoms with Crippen molar-refractivity contribution in [3.8, 4) is 0 Å². The van der Waals surface area contributed by atoms with Crippen molar-refractivity contribution in [2.75, 3.05) is 32.8 Å². The molecular weight excluding hydrogens is 268 g/mol. The lowest BCUT2D eigenvalue weighted by Gasteiger charge is -2.33. The summed E-state index contributed by atoms with van der Waals surface area (Å²) in [6, 6.07) is 2.03. The van der Waals surface area contributed by atoms with Gasteiger partial charge in [-0.15, -0.1) is 0 Å². The predicted octanol–water partition coefficient (Wildman–Crippen LogP) is 0.651. The van der Waals surface area contributed by atoms with Gasteiger partial charge in [-0.25, -0.2) is 0 Å². The second-order valence-corrected chi connectivity index (χ2v) is 6.15. The first-order valence-corrected chi connectivity index (χ1v) is 7.81. The van der Waals surface area contributed by atoms with Crippen LogP contribution >= 0.6 is 0 Å². The molecule has 1 N–H and O–H groups in total. The Balaban J connectivity index is 1.42. The van der Waals surface area contributed by atoms with Crippen LogP contribution in [0, 0.1) is 5.92 Å². The molecule has 0 bridgehead atoms. The molecule has 116 valence electrons. The van der Waals surface area contributed by atoms with Crippen molar-refractivity contribution in [1.29, 1.82) is 0 Å². The monoisotopic (exact) mass is 292 g/mol. The maximum absolute atomic E-state index is 12.1. The fourth-order valence-corrected chi connectivity index (χ4v) is 3.15. The van der Waals surface area contributed by atoms with Gasteiger partial charge in [0.2, 0.25) is 0 Å². The smallest absolute Gasteiger partial charge is 0.271 e. The van der Waals surface area contributed by atoms with Crippen LogP contribution in [0.2, 0.25) is 0 Å². The molecule has 2 saturated heterocycles. The maximum Gasteiger partial charge on any atom is 0.271 e. The average molecular weight is 292 g/mol. The molecule has 1 atom stereocenters. The van der Waals surface area contributed by atoms with Crippen LogP contribution < -0.4 is 5.32 Å². The zero-order chi connectivity index (χ0) is 14.7. The molecule has 1 aromatic rings. The van der Waals surface area contributed by atoms with Crippen LogP contribution in [0.3, 0.4) is 0 Å². The molecule has 0 spiro atoms. The Morgan fingerprint density at radius 1 is 1.43 bits per heavy atom. The SMILES string of the molecule is Cn1ccc(C(=O)NC2CCN(CC3CCOC3)CC2)n1. The Bertz CT molecular complexity index is 474. The molecule has 0 radical (unpaired) electrons. The molecule has 1 unspecified atom stereocenters. The first kappa shape index (κ1) is 14.5. The van der Waals surface area contributed by atoms with Crippen LogP contribution in [0.15, 0.2) is 12.3 Å². The van der Waals surface area contributed by atoms with Crippen molar-refractivity contribution in [3.05, 3.63) is 18.0 Å². The number of amides is 1. The molecule has 2 aliphatic rings. The highest BCUT2D eigenvalue weighted by atomic mass is 16.5. The van der Waals surface area contributed by atoms with Gasteiger partial charge in [-0.3, -0.25) is 9.48 Å². The lowest BCUT2D eigenvalue weighted by Crippen LogP contribution is -2.46. The van der Waals surface area contributed by atoms with E-state index in [1.54, 1.807) is 16.9 Å². The van der Waals surface area contributed by atoms with Gasteiger partial charge >= 0.3 is 0 Å². The summed E-state index contributed by atoms with van der Waals surface area (Å²) in [5.74, 6) is 0.642. The quantitative estimate of drug-likeness (QED) is 0.885. The summed E-state index contributed by atoms with van der Waals surface area (Å²) in [5, 5.41) is 7.24. The highest BCUT2D eigenvalue weighted by Gasteiger charge is 2.25. The lowest BCUT2D eigenvalue weighted by atomic mass is 10.0. The van der Waals surface area contributed by atoms with Crippen LogP contribution in [0.1, 0.15) is 29.8 Å². The molecule has 3 rings (SSSR count). The first-order valence-electron chi connectivity index (χ1n) is 7.81. The number of hydrogen-bond acceptors (Lipinski definition) is 4. The van der Waals surface area contributed by atoms with Crippen molar-refractivity contribution in [2.45, 2.75) is 25.3 Å². The largest absolute Gasteiger partial charge is 0.381 e. The molecule has 1 aromatic heterocycles. The molecule has 1 amide bonds. The Kier molecular flexibility index (Phi) is 4.55. The summed E-state index contributed by atoms with van der Waals surface area (Å²) in [4.78, 5) is 14.6. The zero-order valence-electron chi connectivity index (χ0n) is 12.6. The standard InChI is InChI=1S/C15H24N4O2/c1-18-6-4-14(17-18)15(20)16-13-2-7-19(8-3-13)10-12-5-9-21-11-12/h4,6,12-13H,2-3,5,7-11H2,1H3,(H,16,20).